The van der Waals surface area contributed by atoms with Crippen molar-refractivity contribution in [1.29, 1.82) is 0 Å². The molecule has 0 saturated carbocycles. The Hall–Kier alpha value is -1.42. The van der Waals surface area contributed by atoms with Crippen molar-refractivity contribution >= 4 is 23.2 Å². The Morgan fingerprint density at radius 3 is 2.50 bits per heavy atom. The number of halogens is 2. The molecule has 0 saturated heterocycles. The first kappa shape index (κ1) is 16.9. The van der Waals surface area contributed by atoms with Gasteiger partial charge in [0.1, 0.15) is 0 Å². The zero-order chi connectivity index (χ0) is 15.9. The Morgan fingerprint density at radius 1 is 1.00 bits per heavy atom. The molecular weight excluding hydrogens is 321 g/mol. The van der Waals surface area contributed by atoms with Crippen molar-refractivity contribution in [3.63, 3.8) is 0 Å². The van der Waals surface area contributed by atoms with Crippen LogP contribution in [-0.2, 0) is 13.0 Å². The maximum atomic E-state index is 6.16. The van der Waals surface area contributed by atoms with Crippen molar-refractivity contribution in [2.45, 2.75) is 13.0 Å². The molecule has 0 amide bonds. The van der Waals surface area contributed by atoms with Gasteiger partial charge in [0.25, 0.3) is 0 Å². The summed E-state index contributed by atoms with van der Waals surface area (Å²) in [6.45, 7) is 1.52. The van der Waals surface area contributed by atoms with Crippen molar-refractivity contribution in [1.82, 2.24) is 5.32 Å². The summed E-state index contributed by atoms with van der Waals surface area (Å²) in [6.07, 6.45) is 0.887. The van der Waals surface area contributed by atoms with E-state index in [4.69, 9.17) is 32.7 Å². The number of rotatable bonds is 7. The largest absolute Gasteiger partial charge is 0.493 e. The van der Waals surface area contributed by atoms with Gasteiger partial charge < -0.3 is 14.8 Å². The SMILES string of the molecule is COc1ccc(CCNCc2cccc(Cl)c2Cl)cc1OC. The Bertz CT molecular complexity index is 632. The van der Waals surface area contributed by atoms with Gasteiger partial charge in [0.05, 0.1) is 24.3 Å². The second-order valence-corrected chi connectivity index (χ2v) is 5.61. The first-order valence-electron chi connectivity index (χ1n) is 7.00. The van der Waals surface area contributed by atoms with E-state index in [9.17, 15) is 0 Å². The molecule has 0 aromatic heterocycles. The average molecular weight is 340 g/mol. The van der Waals surface area contributed by atoms with Gasteiger partial charge in [-0.2, -0.15) is 0 Å². The van der Waals surface area contributed by atoms with Crippen molar-refractivity contribution in [2.24, 2.45) is 0 Å². The predicted octanol–water partition coefficient (Wildman–Crippen LogP) is 4.34. The molecule has 0 bridgehead atoms. The molecule has 118 valence electrons. The molecular formula is C17H19Cl2NO2. The van der Waals surface area contributed by atoms with Crippen molar-refractivity contribution in [3.8, 4) is 11.5 Å². The van der Waals surface area contributed by atoms with Crippen LogP contribution in [0, 0.1) is 0 Å². The number of ether oxygens (including phenoxy) is 2. The Kier molecular flexibility index (Phi) is 6.37. The molecule has 0 atom stereocenters. The van der Waals surface area contributed by atoms with Crippen LogP contribution in [0.2, 0.25) is 10.0 Å². The van der Waals surface area contributed by atoms with Crippen LogP contribution in [0.5, 0.6) is 11.5 Å². The third-order valence-electron chi connectivity index (χ3n) is 3.39. The molecule has 0 aliphatic rings. The lowest BCUT2D eigenvalue weighted by molar-refractivity contribution is 0.354. The molecule has 0 unspecified atom stereocenters. The molecule has 3 nitrogen and oxygen atoms in total. The molecule has 22 heavy (non-hydrogen) atoms. The van der Waals surface area contributed by atoms with E-state index in [0.717, 1.165) is 30.0 Å². The van der Waals surface area contributed by atoms with Gasteiger partial charge in [-0.3, -0.25) is 0 Å². The number of hydrogen-bond acceptors (Lipinski definition) is 3. The van der Waals surface area contributed by atoms with Gasteiger partial charge >= 0.3 is 0 Å². The summed E-state index contributed by atoms with van der Waals surface area (Å²) in [7, 11) is 3.27. The van der Waals surface area contributed by atoms with Gasteiger partial charge in [-0.05, 0) is 42.3 Å². The topological polar surface area (TPSA) is 30.5 Å². The minimum absolute atomic E-state index is 0.584. The van der Waals surface area contributed by atoms with Crippen LogP contribution in [0.25, 0.3) is 0 Å². The lowest BCUT2D eigenvalue weighted by Crippen LogP contribution is -2.17. The summed E-state index contributed by atoms with van der Waals surface area (Å²) in [5.74, 6) is 1.49. The predicted molar refractivity (Wildman–Crippen MR) is 91.4 cm³/mol. The van der Waals surface area contributed by atoms with Gasteiger partial charge in [-0.1, -0.05) is 41.4 Å². The summed E-state index contributed by atoms with van der Waals surface area (Å²) in [5.41, 5.74) is 2.18. The van der Waals surface area contributed by atoms with Gasteiger partial charge in [0.15, 0.2) is 11.5 Å². The lowest BCUT2D eigenvalue weighted by atomic mass is 10.1. The van der Waals surface area contributed by atoms with Crippen LogP contribution < -0.4 is 14.8 Å². The lowest BCUT2D eigenvalue weighted by Gasteiger charge is -2.10. The molecule has 5 heteroatoms. The van der Waals surface area contributed by atoms with Gasteiger partial charge in [0, 0.05) is 6.54 Å². The Labute approximate surface area is 141 Å². The molecule has 0 aliphatic carbocycles. The van der Waals surface area contributed by atoms with Crippen LogP contribution in [0.3, 0.4) is 0 Å². The second kappa shape index (κ2) is 8.28. The highest BCUT2D eigenvalue weighted by molar-refractivity contribution is 6.42. The fourth-order valence-electron chi connectivity index (χ4n) is 2.18. The summed E-state index contributed by atoms with van der Waals surface area (Å²) in [5, 5.41) is 4.57. The van der Waals surface area contributed by atoms with E-state index >= 15 is 0 Å². The second-order valence-electron chi connectivity index (χ2n) is 4.83. The normalized spacial score (nSPS) is 10.5. The quantitative estimate of drug-likeness (QED) is 0.761. The average Bonchev–Trinajstić information content (AvgIpc) is 2.55. The number of hydrogen-bond donors (Lipinski definition) is 1. The minimum Gasteiger partial charge on any atom is -0.493 e. The van der Waals surface area contributed by atoms with E-state index in [1.807, 2.05) is 30.3 Å². The molecule has 0 radical (unpaired) electrons. The monoisotopic (exact) mass is 339 g/mol. The van der Waals surface area contributed by atoms with Crippen LogP contribution in [0.4, 0.5) is 0 Å². The van der Waals surface area contributed by atoms with E-state index in [0.29, 0.717) is 16.6 Å². The molecule has 0 heterocycles. The van der Waals surface area contributed by atoms with Crippen molar-refractivity contribution in [3.05, 3.63) is 57.6 Å². The highest BCUT2D eigenvalue weighted by atomic mass is 35.5. The smallest absolute Gasteiger partial charge is 0.160 e. The maximum Gasteiger partial charge on any atom is 0.160 e. The zero-order valence-corrected chi connectivity index (χ0v) is 14.2. The number of methoxy groups -OCH3 is 2. The Balaban J connectivity index is 1.87. The van der Waals surface area contributed by atoms with E-state index in [2.05, 4.69) is 5.32 Å². The van der Waals surface area contributed by atoms with E-state index < -0.39 is 0 Å². The van der Waals surface area contributed by atoms with E-state index in [1.54, 1.807) is 20.3 Å². The van der Waals surface area contributed by atoms with Crippen LogP contribution in [0.1, 0.15) is 11.1 Å². The summed E-state index contributed by atoms with van der Waals surface area (Å²) < 4.78 is 10.5. The standard InChI is InChI=1S/C17H19Cl2NO2/c1-21-15-7-6-12(10-16(15)22-2)8-9-20-11-13-4-3-5-14(18)17(13)19/h3-7,10,20H,8-9,11H2,1-2H3. The molecule has 1 N–H and O–H groups in total. The fraction of sp³-hybridized carbons (Fsp3) is 0.294. The third-order valence-corrected chi connectivity index (χ3v) is 4.24. The molecule has 0 fully saturated rings. The highest BCUT2D eigenvalue weighted by Gasteiger charge is 2.05. The van der Waals surface area contributed by atoms with Gasteiger partial charge in [-0.25, -0.2) is 0 Å². The molecule has 0 spiro atoms. The summed E-state index contributed by atoms with van der Waals surface area (Å²) in [4.78, 5) is 0. The number of benzene rings is 2. The first-order valence-corrected chi connectivity index (χ1v) is 7.75. The van der Waals surface area contributed by atoms with Crippen LogP contribution in [0.15, 0.2) is 36.4 Å². The zero-order valence-electron chi connectivity index (χ0n) is 12.7. The maximum absolute atomic E-state index is 6.16. The van der Waals surface area contributed by atoms with Crippen molar-refractivity contribution in [2.75, 3.05) is 20.8 Å². The molecule has 2 rings (SSSR count). The summed E-state index contributed by atoms with van der Waals surface area (Å²) >= 11 is 12.2. The van der Waals surface area contributed by atoms with Crippen LogP contribution >= 0.6 is 23.2 Å². The molecule has 2 aromatic carbocycles. The van der Waals surface area contributed by atoms with Gasteiger partial charge in [-0.15, -0.1) is 0 Å². The first-order chi connectivity index (χ1) is 10.7. The fourth-order valence-corrected chi connectivity index (χ4v) is 2.56. The highest BCUT2D eigenvalue weighted by Crippen LogP contribution is 2.28. The van der Waals surface area contributed by atoms with E-state index in [-0.39, 0.29) is 0 Å². The Morgan fingerprint density at radius 2 is 1.77 bits per heavy atom. The van der Waals surface area contributed by atoms with Crippen LogP contribution in [-0.4, -0.2) is 20.8 Å². The number of nitrogens with one attached hydrogen (secondary N) is 1. The molecule has 2 aromatic rings. The third kappa shape index (κ3) is 4.29. The molecule has 0 aliphatic heterocycles. The van der Waals surface area contributed by atoms with Crippen molar-refractivity contribution < 1.29 is 9.47 Å². The summed E-state index contributed by atoms with van der Waals surface area (Å²) in [6, 6.07) is 11.6. The minimum atomic E-state index is 0.584. The van der Waals surface area contributed by atoms with Gasteiger partial charge in [0.2, 0.25) is 0 Å². The van der Waals surface area contributed by atoms with E-state index in [1.165, 1.54) is 5.56 Å².